The minimum atomic E-state index is -0.366. The Kier molecular flexibility index (Phi) is 6.61. The van der Waals surface area contributed by atoms with Crippen molar-refractivity contribution in [1.82, 2.24) is 0 Å². The topological polar surface area (TPSA) is 80.6 Å². The van der Waals surface area contributed by atoms with E-state index < -0.39 is 0 Å². The van der Waals surface area contributed by atoms with Gasteiger partial charge in [0.2, 0.25) is 0 Å². The van der Waals surface area contributed by atoms with Crippen LogP contribution < -0.4 is 15.4 Å². The number of ether oxygens (including phenoxy) is 1. The van der Waals surface area contributed by atoms with E-state index in [1.807, 2.05) is 31.2 Å². The number of thiophene rings is 1. The van der Waals surface area contributed by atoms with Gasteiger partial charge in [0.25, 0.3) is 11.8 Å². The van der Waals surface area contributed by atoms with Crippen LogP contribution in [-0.2, 0) is 12.8 Å². The molecule has 0 bridgehead atoms. The molecule has 0 aliphatic heterocycles. The maximum Gasteiger partial charge on any atom is 0.291 e. The van der Waals surface area contributed by atoms with Crippen molar-refractivity contribution in [3.8, 4) is 5.75 Å². The number of furan rings is 1. The molecule has 6 nitrogen and oxygen atoms in total. The Morgan fingerprint density at radius 1 is 1.12 bits per heavy atom. The van der Waals surface area contributed by atoms with Crippen molar-refractivity contribution >= 4 is 33.8 Å². The van der Waals surface area contributed by atoms with Crippen LogP contribution in [0.2, 0.25) is 0 Å². The van der Waals surface area contributed by atoms with Gasteiger partial charge >= 0.3 is 0 Å². The average molecular weight is 467 g/mol. The van der Waals surface area contributed by atoms with Gasteiger partial charge in [0.15, 0.2) is 5.76 Å². The fraction of sp³-hybridized carbons (Fsp3) is 0.385. The minimum Gasteiger partial charge on any atom is -0.492 e. The molecule has 1 atom stereocenters. The number of carbonyl (C=O) groups is 2. The number of amides is 2. The normalized spacial score (nSPS) is 15.6. The molecular weight excluding hydrogens is 436 g/mol. The molecule has 1 unspecified atom stereocenters. The molecule has 2 amide bonds. The molecule has 2 N–H and O–H groups in total. The van der Waals surface area contributed by atoms with Crippen LogP contribution in [0.3, 0.4) is 0 Å². The Hall–Kier alpha value is -3.06. The van der Waals surface area contributed by atoms with E-state index in [1.54, 1.807) is 12.1 Å². The highest BCUT2D eigenvalue weighted by Gasteiger charge is 2.34. The summed E-state index contributed by atoms with van der Waals surface area (Å²) in [4.78, 5) is 27.4. The molecule has 3 aromatic rings. The van der Waals surface area contributed by atoms with Crippen molar-refractivity contribution in [2.75, 3.05) is 17.2 Å². The molecule has 0 radical (unpaired) electrons. The molecule has 1 aliphatic rings. The summed E-state index contributed by atoms with van der Waals surface area (Å²) in [6.45, 7) is 9.18. The Bertz CT molecular complexity index is 1140. The molecule has 0 saturated carbocycles. The van der Waals surface area contributed by atoms with E-state index in [2.05, 4.69) is 31.4 Å². The van der Waals surface area contributed by atoms with Gasteiger partial charge in [0, 0.05) is 4.88 Å². The van der Waals surface area contributed by atoms with Crippen LogP contribution in [0.1, 0.15) is 65.5 Å². The molecule has 4 rings (SSSR count). The zero-order valence-electron chi connectivity index (χ0n) is 19.5. The van der Waals surface area contributed by atoms with Gasteiger partial charge in [-0.15, -0.1) is 11.3 Å². The van der Waals surface area contributed by atoms with Crippen molar-refractivity contribution < 1.29 is 18.7 Å². The highest BCUT2D eigenvalue weighted by molar-refractivity contribution is 7.17. The van der Waals surface area contributed by atoms with Crippen LogP contribution >= 0.6 is 11.3 Å². The van der Waals surface area contributed by atoms with E-state index >= 15 is 0 Å². The van der Waals surface area contributed by atoms with E-state index in [0.29, 0.717) is 34.5 Å². The van der Waals surface area contributed by atoms with Crippen LogP contribution in [0.4, 0.5) is 10.7 Å². The Labute approximate surface area is 198 Å². The molecule has 0 spiro atoms. The van der Waals surface area contributed by atoms with Gasteiger partial charge in [-0.05, 0) is 67.3 Å². The largest absolute Gasteiger partial charge is 0.492 e. The lowest BCUT2D eigenvalue weighted by atomic mass is 9.72. The monoisotopic (exact) mass is 466 g/mol. The molecule has 0 saturated heterocycles. The third kappa shape index (κ3) is 4.98. The van der Waals surface area contributed by atoms with E-state index in [9.17, 15) is 9.59 Å². The number of rotatable bonds is 6. The Balaban J connectivity index is 1.69. The molecule has 2 heterocycles. The number of fused-ring (bicyclic) bond motifs is 1. The number of hydrogen-bond donors (Lipinski definition) is 2. The van der Waals surface area contributed by atoms with Gasteiger partial charge in [-0.25, -0.2) is 0 Å². The van der Waals surface area contributed by atoms with E-state index in [-0.39, 0.29) is 23.0 Å². The number of para-hydroxylation sites is 2. The number of carbonyl (C=O) groups excluding carboxylic acids is 2. The lowest BCUT2D eigenvalue weighted by Gasteiger charge is -2.33. The average Bonchev–Trinajstić information content (AvgIpc) is 3.42. The van der Waals surface area contributed by atoms with Crippen molar-refractivity contribution in [3.05, 3.63) is 64.4 Å². The van der Waals surface area contributed by atoms with Crippen LogP contribution in [0.5, 0.6) is 5.75 Å². The molecule has 2 aromatic heterocycles. The van der Waals surface area contributed by atoms with E-state index in [0.717, 1.165) is 24.8 Å². The van der Waals surface area contributed by atoms with Gasteiger partial charge in [-0.1, -0.05) is 32.9 Å². The highest BCUT2D eigenvalue weighted by atomic mass is 32.1. The fourth-order valence-corrected chi connectivity index (χ4v) is 5.58. The van der Waals surface area contributed by atoms with Gasteiger partial charge in [0.05, 0.1) is 24.1 Å². The van der Waals surface area contributed by atoms with Gasteiger partial charge in [-0.3, -0.25) is 9.59 Å². The van der Waals surface area contributed by atoms with Gasteiger partial charge in [-0.2, -0.15) is 0 Å². The van der Waals surface area contributed by atoms with Crippen molar-refractivity contribution in [3.63, 3.8) is 0 Å². The number of hydrogen-bond acceptors (Lipinski definition) is 5. The number of benzene rings is 1. The van der Waals surface area contributed by atoms with Crippen molar-refractivity contribution in [2.45, 2.75) is 47.0 Å². The lowest BCUT2D eigenvalue weighted by Crippen LogP contribution is -2.27. The molecule has 1 aromatic carbocycles. The van der Waals surface area contributed by atoms with Crippen LogP contribution in [0, 0.1) is 11.3 Å². The van der Waals surface area contributed by atoms with Crippen LogP contribution in [0.15, 0.2) is 47.1 Å². The molecule has 174 valence electrons. The first-order valence-corrected chi connectivity index (χ1v) is 12.1. The molecular formula is C26H30N2O4S. The summed E-state index contributed by atoms with van der Waals surface area (Å²) in [6, 6.07) is 10.6. The third-order valence-corrected chi connectivity index (χ3v) is 7.29. The summed E-state index contributed by atoms with van der Waals surface area (Å²) >= 11 is 1.50. The predicted octanol–water partition coefficient (Wildman–Crippen LogP) is 6.40. The fourth-order valence-electron chi connectivity index (χ4n) is 4.26. The minimum absolute atomic E-state index is 0.179. The van der Waals surface area contributed by atoms with Gasteiger partial charge in [0.1, 0.15) is 10.8 Å². The van der Waals surface area contributed by atoms with Crippen LogP contribution in [0.25, 0.3) is 0 Å². The third-order valence-electron chi connectivity index (χ3n) is 6.12. The molecule has 7 heteroatoms. The maximum atomic E-state index is 13.5. The first-order chi connectivity index (χ1) is 15.8. The Morgan fingerprint density at radius 2 is 1.91 bits per heavy atom. The smallest absolute Gasteiger partial charge is 0.291 e. The van der Waals surface area contributed by atoms with Gasteiger partial charge < -0.3 is 19.8 Å². The summed E-state index contributed by atoms with van der Waals surface area (Å²) in [6.07, 6.45) is 4.17. The van der Waals surface area contributed by atoms with Crippen LogP contribution in [-0.4, -0.2) is 18.4 Å². The summed E-state index contributed by atoms with van der Waals surface area (Å²) in [5.41, 5.74) is 2.35. The lowest BCUT2D eigenvalue weighted by molar-refractivity contribution is 0.0997. The first-order valence-electron chi connectivity index (χ1n) is 11.3. The second-order valence-electron chi connectivity index (χ2n) is 9.33. The second kappa shape index (κ2) is 9.43. The standard InChI is InChI=1S/C26H30N2O4S/c1-5-31-19-10-7-6-9-18(19)27-24(30)22-17-13-12-16(26(2,3)4)15-21(17)33-25(22)28-23(29)20-11-8-14-32-20/h6-11,14,16H,5,12-13,15H2,1-4H3,(H,27,30)(H,28,29). The highest BCUT2D eigenvalue weighted by Crippen LogP contribution is 2.44. The quantitative estimate of drug-likeness (QED) is 0.441. The van der Waals surface area contributed by atoms with E-state index in [1.165, 1.54) is 22.5 Å². The SMILES string of the molecule is CCOc1ccccc1NC(=O)c1c(NC(=O)c2ccco2)sc2c1CCC(C(C)(C)C)C2. The van der Waals surface area contributed by atoms with E-state index in [4.69, 9.17) is 9.15 Å². The number of anilines is 2. The number of nitrogens with one attached hydrogen (secondary N) is 2. The summed E-state index contributed by atoms with van der Waals surface area (Å²) in [5, 5.41) is 6.49. The summed E-state index contributed by atoms with van der Waals surface area (Å²) < 4.78 is 10.9. The zero-order valence-corrected chi connectivity index (χ0v) is 20.3. The zero-order chi connectivity index (χ0) is 23.6. The first kappa shape index (κ1) is 23.1. The molecule has 1 aliphatic carbocycles. The Morgan fingerprint density at radius 3 is 2.61 bits per heavy atom. The summed E-state index contributed by atoms with van der Waals surface area (Å²) in [7, 11) is 0. The summed E-state index contributed by atoms with van der Waals surface area (Å²) in [5.74, 6) is 0.735. The molecule has 0 fully saturated rings. The maximum absolute atomic E-state index is 13.5. The van der Waals surface area contributed by atoms with Crippen molar-refractivity contribution in [2.24, 2.45) is 11.3 Å². The predicted molar refractivity (Wildman–Crippen MR) is 132 cm³/mol. The second-order valence-corrected chi connectivity index (χ2v) is 10.4. The van der Waals surface area contributed by atoms with Crippen molar-refractivity contribution in [1.29, 1.82) is 0 Å². The molecule has 33 heavy (non-hydrogen) atoms.